The number of ketones is 1. The number of benzene rings is 1. The lowest BCUT2D eigenvalue weighted by atomic mass is 10.1. The third kappa shape index (κ3) is 2.90. The molecule has 0 unspecified atom stereocenters. The fourth-order valence-corrected chi connectivity index (χ4v) is 2.45. The Kier molecular flexibility index (Phi) is 3.99. The first kappa shape index (κ1) is 12.6. The molecule has 0 saturated carbocycles. The van der Waals surface area contributed by atoms with Crippen molar-refractivity contribution >= 4 is 17.5 Å². The van der Waals surface area contributed by atoms with E-state index >= 15 is 0 Å². The Morgan fingerprint density at radius 1 is 1.28 bits per heavy atom. The van der Waals surface area contributed by atoms with Gasteiger partial charge in [-0.15, -0.1) is 0 Å². The van der Waals surface area contributed by atoms with Crippen LogP contribution in [-0.4, -0.2) is 15.9 Å². The lowest BCUT2D eigenvalue weighted by molar-refractivity contribution is 0.0985. The van der Waals surface area contributed by atoms with Crippen LogP contribution in [0, 0.1) is 0 Å². The average Bonchev–Trinajstić information content (AvgIpc) is 2.41. The van der Waals surface area contributed by atoms with Gasteiger partial charge in [-0.2, -0.15) is 0 Å². The Morgan fingerprint density at radius 2 is 2.00 bits per heavy atom. The highest BCUT2D eigenvalue weighted by molar-refractivity contribution is 7.99. The fraction of sp³-hybridized carbons (Fsp3) is 0.143. The second-order valence-electron chi connectivity index (χ2n) is 3.74. The summed E-state index contributed by atoms with van der Waals surface area (Å²) in [5, 5.41) is 9.23. The zero-order valence-corrected chi connectivity index (χ0v) is 10.8. The molecule has 1 aromatic heterocycles. The zero-order valence-electron chi connectivity index (χ0n) is 9.96. The van der Waals surface area contributed by atoms with E-state index in [0.29, 0.717) is 12.0 Å². The topological polar surface area (TPSA) is 50.2 Å². The Morgan fingerprint density at radius 3 is 2.67 bits per heavy atom. The van der Waals surface area contributed by atoms with Gasteiger partial charge >= 0.3 is 0 Å². The first-order valence-electron chi connectivity index (χ1n) is 5.65. The second-order valence-corrected chi connectivity index (χ2v) is 4.86. The first-order valence-corrected chi connectivity index (χ1v) is 6.46. The molecule has 0 radical (unpaired) electrons. The smallest absolute Gasteiger partial charge is 0.163 e. The number of rotatable bonds is 4. The molecule has 2 rings (SSSR count). The summed E-state index contributed by atoms with van der Waals surface area (Å²) >= 11 is 1.47. The molecule has 0 aliphatic rings. The summed E-state index contributed by atoms with van der Waals surface area (Å²) in [4.78, 5) is 17.7. The van der Waals surface area contributed by atoms with Crippen LogP contribution in [0.25, 0.3) is 0 Å². The van der Waals surface area contributed by atoms with Crippen molar-refractivity contribution in [3.63, 3.8) is 0 Å². The van der Waals surface area contributed by atoms with Crippen LogP contribution in [0.1, 0.15) is 23.7 Å². The van der Waals surface area contributed by atoms with E-state index in [9.17, 15) is 9.90 Å². The quantitative estimate of drug-likeness (QED) is 0.853. The SMILES string of the molecule is CCC(=O)c1ccncc1Sc1ccc(O)cc1. The summed E-state index contributed by atoms with van der Waals surface area (Å²) in [5.41, 5.74) is 0.700. The van der Waals surface area contributed by atoms with Crippen molar-refractivity contribution in [3.8, 4) is 5.75 Å². The van der Waals surface area contributed by atoms with Gasteiger partial charge in [0, 0.05) is 34.2 Å². The molecule has 0 amide bonds. The summed E-state index contributed by atoms with van der Waals surface area (Å²) in [5.74, 6) is 0.342. The van der Waals surface area contributed by atoms with Crippen molar-refractivity contribution in [1.82, 2.24) is 4.98 Å². The van der Waals surface area contributed by atoms with Gasteiger partial charge in [0.1, 0.15) is 5.75 Å². The van der Waals surface area contributed by atoms with Crippen LogP contribution in [0.4, 0.5) is 0 Å². The van der Waals surface area contributed by atoms with Crippen molar-refractivity contribution in [2.45, 2.75) is 23.1 Å². The number of pyridine rings is 1. The van der Waals surface area contributed by atoms with E-state index in [-0.39, 0.29) is 11.5 Å². The molecule has 0 saturated heterocycles. The standard InChI is InChI=1S/C14H13NO2S/c1-2-13(17)12-7-8-15-9-14(12)18-11-5-3-10(16)4-6-11/h3-9,16H,2H2,1H3. The van der Waals surface area contributed by atoms with Gasteiger partial charge in [0.2, 0.25) is 0 Å². The monoisotopic (exact) mass is 259 g/mol. The van der Waals surface area contributed by atoms with Gasteiger partial charge in [-0.3, -0.25) is 9.78 Å². The summed E-state index contributed by atoms with van der Waals surface area (Å²) in [6, 6.07) is 8.62. The van der Waals surface area contributed by atoms with Crippen LogP contribution in [0.15, 0.2) is 52.5 Å². The van der Waals surface area contributed by atoms with E-state index in [1.54, 1.807) is 30.6 Å². The molecule has 1 N–H and O–H groups in total. The van der Waals surface area contributed by atoms with Gasteiger partial charge in [-0.1, -0.05) is 18.7 Å². The van der Waals surface area contributed by atoms with Gasteiger partial charge in [-0.05, 0) is 30.3 Å². The number of aromatic nitrogens is 1. The van der Waals surface area contributed by atoms with E-state index in [0.717, 1.165) is 9.79 Å². The molecule has 0 aliphatic heterocycles. The predicted octanol–water partition coefficient (Wildman–Crippen LogP) is 3.53. The summed E-state index contributed by atoms with van der Waals surface area (Å²) in [6.07, 6.45) is 3.80. The number of nitrogens with zero attached hydrogens (tertiary/aromatic N) is 1. The normalized spacial score (nSPS) is 10.3. The van der Waals surface area contributed by atoms with Gasteiger partial charge in [0.05, 0.1) is 0 Å². The molecule has 3 nitrogen and oxygen atoms in total. The maximum absolute atomic E-state index is 11.8. The van der Waals surface area contributed by atoms with Crippen LogP contribution in [0.3, 0.4) is 0 Å². The summed E-state index contributed by atoms with van der Waals surface area (Å²) < 4.78 is 0. The van der Waals surface area contributed by atoms with Crippen LogP contribution in [0.2, 0.25) is 0 Å². The molecule has 1 heterocycles. The lowest BCUT2D eigenvalue weighted by Gasteiger charge is -2.06. The Bertz CT molecular complexity index is 552. The first-order chi connectivity index (χ1) is 8.70. The van der Waals surface area contributed by atoms with E-state index < -0.39 is 0 Å². The number of carbonyl (C=O) groups is 1. The minimum absolute atomic E-state index is 0.110. The van der Waals surface area contributed by atoms with Gasteiger partial charge < -0.3 is 5.11 Å². The molecule has 0 bridgehead atoms. The minimum Gasteiger partial charge on any atom is -0.508 e. The van der Waals surface area contributed by atoms with E-state index in [1.807, 2.05) is 19.1 Å². The Labute approximate surface area is 110 Å². The lowest BCUT2D eigenvalue weighted by Crippen LogP contribution is -1.99. The molecule has 2 aromatic rings. The highest BCUT2D eigenvalue weighted by Crippen LogP contribution is 2.31. The minimum atomic E-state index is 0.110. The zero-order chi connectivity index (χ0) is 13.0. The molecule has 0 spiro atoms. The van der Waals surface area contributed by atoms with Crippen molar-refractivity contribution in [1.29, 1.82) is 0 Å². The average molecular weight is 259 g/mol. The molecular formula is C14H13NO2S. The van der Waals surface area contributed by atoms with E-state index in [2.05, 4.69) is 4.98 Å². The third-order valence-corrected chi connectivity index (χ3v) is 3.52. The molecule has 1 aromatic carbocycles. The van der Waals surface area contributed by atoms with Crippen LogP contribution in [0.5, 0.6) is 5.75 Å². The molecule has 4 heteroatoms. The highest BCUT2D eigenvalue weighted by Gasteiger charge is 2.10. The number of carbonyl (C=O) groups excluding carboxylic acids is 1. The van der Waals surface area contributed by atoms with E-state index in [1.165, 1.54) is 11.8 Å². The second kappa shape index (κ2) is 5.69. The molecule has 18 heavy (non-hydrogen) atoms. The number of hydrogen-bond acceptors (Lipinski definition) is 4. The predicted molar refractivity (Wildman–Crippen MR) is 71.1 cm³/mol. The van der Waals surface area contributed by atoms with E-state index in [4.69, 9.17) is 0 Å². The molecule has 0 fully saturated rings. The van der Waals surface area contributed by atoms with Crippen molar-refractivity contribution < 1.29 is 9.90 Å². The summed E-state index contributed by atoms with van der Waals surface area (Å²) in [7, 11) is 0. The largest absolute Gasteiger partial charge is 0.508 e. The number of phenols is 1. The fourth-order valence-electron chi connectivity index (χ4n) is 1.52. The van der Waals surface area contributed by atoms with Gasteiger partial charge in [0.25, 0.3) is 0 Å². The number of Topliss-reactive ketones (excluding diaryl/α,β-unsaturated/α-hetero) is 1. The van der Waals surface area contributed by atoms with Crippen molar-refractivity contribution in [2.24, 2.45) is 0 Å². The van der Waals surface area contributed by atoms with Gasteiger partial charge in [0.15, 0.2) is 5.78 Å². The summed E-state index contributed by atoms with van der Waals surface area (Å²) in [6.45, 7) is 1.85. The van der Waals surface area contributed by atoms with Crippen LogP contribution < -0.4 is 0 Å². The number of phenolic OH excluding ortho intramolecular Hbond substituents is 1. The van der Waals surface area contributed by atoms with Crippen LogP contribution in [-0.2, 0) is 0 Å². The highest BCUT2D eigenvalue weighted by atomic mass is 32.2. The molecule has 0 atom stereocenters. The van der Waals surface area contributed by atoms with Crippen molar-refractivity contribution in [2.75, 3.05) is 0 Å². The van der Waals surface area contributed by atoms with Crippen molar-refractivity contribution in [3.05, 3.63) is 48.3 Å². The maximum atomic E-state index is 11.8. The van der Waals surface area contributed by atoms with Gasteiger partial charge in [-0.25, -0.2) is 0 Å². The molecule has 92 valence electrons. The molecule has 0 aliphatic carbocycles. The maximum Gasteiger partial charge on any atom is 0.163 e. The van der Waals surface area contributed by atoms with Crippen LogP contribution >= 0.6 is 11.8 Å². The Hall–Kier alpha value is -1.81. The Balaban J connectivity index is 2.28. The number of hydrogen-bond donors (Lipinski definition) is 1. The third-order valence-electron chi connectivity index (χ3n) is 2.47. The molecular weight excluding hydrogens is 246 g/mol. The number of aromatic hydroxyl groups is 1.